The van der Waals surface area contributed by atoms with E-state index in [0.29, 0.717) is 39.4 Å². The summed E-state index contributed by atoms with van der Waals surface area (Å²) in [7, 11) is 0. The lowest BCUT2D eigenvalue weighted by Gasteiger charge is -2.40. The molecule has 1 N–H and O–H groups in total. The molecule has 0 aromatic heterocycles. The summed E-state index contributed by atoms with van der Waals surface area (Å²) in [4.78, 5) is 27.8. The molecular weight excluding hydrogens is 234 g/mol. The normalized spacial score (nSPS) is 25.3. The van der Waals surface area contributed by atoms with Crippen LogP contribution in [0.3, 0.4) is 0 Å². The fraction of sp³-hybridized carbons (Fsp3) is 0.833. The van der Waals surface area contributed by atoms with Gasteiger partial charge in [0.2, 0.25) is 5.91 Å². The Bertz CT molecular complexity index is 327. The van der Waals surface area contributed by atoms with Gasteiger partial charge in [-0.1, -0.05) is 13.8 Å². The Balaban J connectivity index is 2.08. The van der Waals surface area contributed by atoms with Crippen molar-refractivity contribution < 1.29 is 14.3 Å². The van der Waals surface area contributed by atoms with Gasteiger partial charge in [-0.25, -0.2) is 4.79 Å². The molecule has 2 rings (SSSR count). The van der Waals surface area contributed by atoms with Gasteiger partial charge in [0.15, 0.2) is 0 Å². The number of morpholine rings is 1. The van der Waals surface area contributed by atoms with E-state index in [1.807, 2.05) is 13.8 Å². The number of ether oxygens (including phenoxy) is 1. The van der Waals surface area contributed by atoms with Gasteiger partial charge in [0.25, 0.3) is 0 Å². The van der Waals surface area contributed by atoms with Crippen LogP contribution < -0.4 is 5.32 Å². The predicted molar refractivity (Wildman–Crippen MR) is 66.1 cm³/mol. The summed E-state index contributed by atoms with van der Waals surface area (Å²) in [5, 5.41) is 2.83. The molecular formula is C12H21N3O3. The molecule has 0 saturated carbocycles. The summed E-state index contributed by atoms with van der Waals surface area (Å²) in [6.45, 7) is 7.45. The first-order chi connectivity index (χ1) is 8.61. The number of hydrogen-bond donors (Lipinski definition) is 1. The quantitative estimate of drug-likeness (QED) is 0.711. The van der Waals surface area contributed by atoms with Crippen LogP contribution in [0.4, 0.5) is 4.79 Å². The van der Waals surface area contributed by atoms with Crippen LogP contribution in [0.1, 0.15) is 13.8 Å². The van der Waals surface area contributed by atoms with Gasteiger partial charge in [0.1, 0.15) is 6.04 Å². The van der Waals surface area contributed by atoms with Crippen LogP contribution in [-0.2, 0) is 9.53 Å². The van der Waals surface area contributed by atoms with Crippen molar-refractivity contribution in [1.82, 2.24) is 15.1 Å². The van der Waals surface area contributed by atoms with Crippen LogP contribution in [0, 0.1) is 5.92 Å². The van der Waals surface area contributed by atoms with Crippen molar-refractivity contribution >= 4 is 11.9 Å². The molecule has 0 radical (unpaired) electrons. The maximum absolute atomic E-state index is 12.4. The molecule has 0 aromatic rings. The Kier molecular flexibility index (Phi) is 4.06. The molecule has 2 heterocycles. The topological polar surface area (TPSA) is 61.9 Å². The van der Waals surface area contributed by atoms with E-state index in [1.165, 1.54) is 0 Å². The fourth-order valence-electron chi connectivity index (χ4n) is 2.50. The van der Waals surface area contributed by atoms with Gasteiger partial charge in [0, 0.05) is 26.2 Å². The van der Waals surface area contributed by atoms with E-state index in [9.17, 15) is 9.59 Å². The highest BCUT2D eigenvalue weighted by Gasteiger charge is 2.37. The number of carbonyl (C=O) groups is 2. The molecule has 0 spiro atoms. The van der Waals surface area contributed by atoms with Crippen LogP contribution in [-0.4, -0.2) is 67.2 Å². The molecule has 2 aliphatic rings. The van der Waals surface area contributed by atoms with Gasteiger partial charge < -0.3 is 19.9 Å². The van der Waals surface area contributed by atoms with E-state index >= 15 is 0 Å². The number of nitrogens with zero attached hydrogens (tertiary/aromatic N) is 2. The third-order valence-corrected chi connectivity index (χ3v) is 3.42. The number of piperazine rings is 1. The molecule has 1 atom stereocenters. The van der Waals surface area contributed by atoms with E-state index in [2.05, 4.69) is 5.32 Å². The number of rotatable bonds is 1. The number of amides is 3. The van der Waals surface area contributed by atoms with Crippen LogP contribution in [0.15, 0.2) is 0 Å². The molecule has 102 valence electrons. The Morgan fingerprint density at radius 1 is 1.33 bits per heavy atom. The summed E-state index contributed by atoms with van der Waals surface area (Å²) in [5.41, 5.74) is 0. The van der Waals surface area contributed by atoms with Gasteiger partial charge in [-0.2, -0.15) is 0 Å². The number of carbonyl (C=O) groups excluding carboxylic acids is 2. The predicted octanol–water partition coefficient (Wildman–Crippen LogP) is -0.105. The second kappa shape index (κ2) is 5.56. The van der Waals surface area contributed by atoms with Gasteiger partial charge in [-0.05, 0) is 5.92 Å². The van der Waals surface area contributed by atoms with Gasteiger partial charge in [-0.3, -0.25) is 4.79 Å². The second-order valence-electron chi connectivity index (χ2n) is 5.06. The maximum atomic E-state index is 12.4. The lowest BCUT2D eigenvalue weighted by atomic mass is 10.00. The van der Waals surface area contributed by atoms with Crippen molar-refractivity contribution in [3.05, 3.63) is 0 Å². The zero-order chi connectivity index (χ0) is 13.1. The average molecular weight is 255 g/mol. The van der Waals surface area contributed by atoms with Gasteiger partial charge in [-0.15, -0.1) is 0 Å². The molecule has 0 aliphatic carbocycles. The molecule has 18 heavy (non-hydrogen) atoms. The smallest absolute Gasteiger partial charge is 0.320 e. The Morgan fingerprint density at radius 2 is 2.00 bits per heavy atom. The lowest BCUT2D eigenvalue weighted by Crippen LogP contribution is -2.62. The zero-order valence-corrected chi connectivity index (χ0v) is 11.0. The van der Waals surface area contributed by atoms with E-state index in [1.54, 1.807) is 9.80 Å². The Labute approximate surface area is 107 Å². The number of nitrogens with one attached hydrogen (secondary N) is 1. The summed E-state index contributed by atoms with van der Waals surface area (Å²) in [6.07, 6.45) is 0. The van der Waals surface area contributed by atoms with Crippen molar-refractivity contribution in [2.24, 2.45) is 5.92 Å². The van der Waals surface area contributed by atoms with Crippen molar-refractivity contribution in [2.75, 3.05) is 39.4 Å². The monoisotopic (exact) mass is 255 g/mol. The first-order valence-corrected chi connectivity index (χ1v) is 6.52. The molecule has 3 amide bonds. The Morgan fingerprint density at radius 3 is 2.61 bits per heavy atom. The van der Waals surface area contributed by atoms with Gasteiger partial charge >= 0.3 is 6.03 Å². The molecule has 0 aromatic carbocycles. The molecule has 0 bridgehead atoms. The van der Waals surface area contributed by atoms with Crippen LogP contribution in [0.5, 0.6) is 0 Å². The molecule has 2 fully saturated rings. The summed E-state index contributed by atoms with van der Waals surface area (Å²) < 4.78 is 5.24. The summed E-state index contributed by atoms with van der Waals surface area (Å²) in [5.74, 6) is 0.0770. The minimum Gasteiger partial charge on any atom is -0.378 e. The fourth-order valence-corrected chi connectivity index (χ4v) is 2.50. The minimum atomic E-state index is -0.353. The van der Waals surface area contributed by atoms with Crippen molar-refractivity contribution in [3.63, 3.8) is 0 Å². The van der Waals surface area contributed by atoms with Crippen LogP contribution in [0.2, 0.25) is 0 Å². The third-order valence-electron chi connectivity index (χ3n) is 3.42. The van der Waals surface area contributed by atoms with E-state index < -0.39 is 0 Å². The van der Waals surface area contributed by atoms with Crippen LogP contribution in [0.25, 0.3) is 0 Å². The van der Waals surface area contributed by atoms with Gasteiger partial charge in [0.05, 0.1) is 13.2 Å². The maximum Gasteiger partial charge on any atom is 0.320 e. The van der Waals surface area contributed by atoms with E-state index in [0.717, 1.165) is 0 Å². The zero-order valence-electron chi connectivity index (χ0n) is 11.0. The summed E-state index contributed by atoms with van der Waals surface area (Å²) in [6, 6.07) is -0.388. The second-order valence-corrected chi connectivity index (χ2v) is 5.06. The van der Waals surface area contributed by atoms with Crippen LogP contribution >= 0.6 is 0 Å². The highest BCUT2D eigenvalue weighted by molar-refractivity contribution is 5.88. The lowest BCUT2D eigenvalue weighted by molar-refractivity contribution is -0.129. The molecule has 2 aliphatic heterocycles. The molecule has 1 unspecified atom stereocenters. The largest absolute Gasteiger partial charge is 0.378 e. The first-order valence-electron chi connectivity index (χ1n) is 6.52. The standard InChI is InChI=1S/C12H21N3O3/c1-9(2)10-11(16)13-3-4-15(10)12(17)14-5-7-18-8-6-14/h9-10H,3-8H2,1-2H3,(H,13,16). The van der Waals surface area contributed by atoms with E-state index in [-0.39, 0.29) is 23.9 Å². The van der Waals surface area contributed by atoms with Crippen molar-refractivity contribution in [2.45, 2.75) is 19.9 Å². The van der Waals surface area contributed by atoms with E-state index in [4.69, 9.17) is 4.74 Å². The highest BCUT2D eigenvalue weighted by Crippen LogP contribution is 2.16. The van der Waals surface area contributed by atoms with Crippen molar-refractivity contribution in [1.29, 1.82) is 0 Å². The SMILES string of the molecule is CC(C)C1C(=O)NCCN1C(=O)N1CCOCC1. The summed E-state index contributed by atoms with van der Waals surface area (Å²) >= 11 is 0. The molecule has 2 saturated heterocycles. The molecule has 6 nitrogen and oxygen atoms in total. The Hall–Kier alpha value is -1.30. The average Bonchev–Trinajstić information content (AvgIpc) is 2.38. The first kappa shape index (κ1) is 13.1. The number of hydrogen-bond acceptors (Lipinski definition) is 3. The number of urea groups is 1. The third kappa shape index (κ3) is 2.58. The highest BCUT2D eigenvalue weighted by atomic mass is 16.5. The van der Waals surface area contributed by atoms with Crippen molar-refractivity contribution in [3.8, 4) is 0 Å². The minimum absolute atomic E-state index is 0.0353. The molecule has 6 heteroatoms.